The maximum absolute atomic E-state index is 11.7. The molecule has 0 fully saturated rings. The van der Waals surface area contributed by atoms with E-state index in [1.807, 2.05) is 0 Å². The average molecular weight is 247 g/mol. The molecule has 2 heterocycles. The van der Waals surface area contributed by atoms with Crippen molar-refractivity contribution in [3.05, 3.63) is 31.0 Å². The molecule has 0 spiro atoms. The first kappa shape index (κ1) is 12.2. The molecule has 1 amide bonds. The van der Waals surface area contributed by atoms with E-state index in [4.69, 9.17) is 4.74 Å². The molecule has 18 heavy (non-hydrogen) atoms. The number of nitrogens with one attached hydrogen (secondary N) is 1. The minimum atomic E-state index is -0.546. The second-order valence-electron chi connectivity index (χ2n) is 3.58. The number of amides is 1. The van der Waals surface area contributed by atoms with Crippen LogP contribution in [0.5, 0.6) is 0 Å². The first-order valence-electron chi connectivity index (χ1n) is 5.36. The van der Waals surface area contributed by atoms with Gasteiger partial charge in [0.05, 0.1) is 6.20 Å². The molecule has 1 N–H and O–H groups in total. The van der Waals surface area contributed by atoms with Crippen molar-refractivity contribution in [3.8, 4) is 5.82 Å². The molecule has 0 bridgehead atoms. The van der Waals surface area contributed by atoms with E-state index in [9.17, 15) is 4.79 Å². The first-order chi connectivity index (χ1) is 8.72. The van der Waals surface area contributed by atoms with Crippen LogP contribution in [0.25, 0.3) is 5.82 Å². The molecule has 2 aromatic rings. The van der Waals surface area contributed by atoms with E-state index in [0.29, 0.717) is 11.5 Å². The van der Waals surface area contributed by atoms with Gasteiger partial charge in [-0.25, -0.2) is 14.6 Å². The van der Waals surface area contributed by atoms with Gasteiger partial charge in [0, 0.05) is 19.5 Å². The third-order valence-electron chi connectivity index (χ3n) is 2.39. The maximum Gasteiger partial charge on any atom is 0.253 e. The van der Waals surface area contributed by atoms with Crippen molar-refractivity contribution in [2.75, 3.05) is 12.4 Å². The summed E-state index contributed by atoms with van der Waals surface area (Å²) < 4.78 is 6.49. The van der Waals surface area contributed by atoms with Crippen molar-refractivity contribution in [3.63, 3.8) is 0 Å². The summed E-state index contributed by atoms with van der Waals surface area (Å²) in [6, 6.07) is 1.77. The second kappa shape index (κ2) is 5.37. The van der Waals surface area contributed by atoms with Crippen LogP contribution in [0, 0.1) is 0 Å². The lowest BCUT2D eigenvalue weighted by Crippen LogP contribution is -2.27. The van der Waals surface area contributed by atoms with Crippen LogP contribution in [0.4, 0.5) is 5.69 Å². The van der Waals surface area contributed by atoms with E-state index in [2.05, 4.69) is 20.4 Å². The molecule has 2 aromatic heterocycles. The number of hydrogen-bond donors (Lipinski definition) is 1. The molecule has 94 valence electrons. The Labute approximate surface area is 104 Å². The van der Waals surface area contributed by atoms with Crippen LogP contribution in [0.2, 0.25) is 0 Å². The van der Waals surface area contributed by atoms with Crippen LogP contribution >= 0.6 is 0 Å². The fourth-order valence-corrected chi connectivity index (χ4v) is 1.33. The average Bonchev–Trinajstić information content (AvgIpc) is 2.92. The lowest BCUT2D eigenvalue weighted by molar-refractivity contribution is -0.124. The Balaban J connectivity index is 2.26. The fraction of sp³-hybridized carbons (Fsp3) is 0.273. The molecule has 2 rings (SSSR count). The summed E-state index contributed by atoms with van der Waals surface area (Å²) in [6.07, 6.45) is 5.73. The molecule has 0 aliphatic carbocycles. The molecule has 0 aliphatic rings. The van der Waals surface area contributed by atoms with E-state index in [0.717, 1.165) is 0 Å². The highest BCUT2D eigenvalue weighted by atomic mass is 16.5. The summed E-state index contributed by atoms with van der Waals surface area (Å²) in [6.45, 7) is 1.66. The van der Waals surface area contributed by atoms with Crippen LogP contribution in [0.15, 0.2) is 31.0 Å². The summed E-state index contributed by atoms with van der Waals surface area (Å²) in [5.41, 5.74) is 0.482. The molecule has 0 radical (unpaired) electrons. The minimum absolute atomic E-state index is 0.263. The fourth-order valence-electron chi connectivity index (χ4n) is 1.33. The van der Waals surface area contributed by atoms with Crippen LogP contribution in [0.3, 0.4) is 0 Å². The molecule has 7 nitrogen and oxygen atoms in total. The van der Waals surface area contributed by atoms with Gasteiger partial charge in [-0.1, -0.05) is 0 Å². The lowest BCUT2D eigenvalue weighted by atomic mass is 10.3. The van der Waals surface area contributed by atoms with E-state index in [1.54, 1.807) is 30.1 Å². The SMILES string of the molecule is CO[C@H](C)C(=O)Nc1cncnc1-n1cccn1. The van der Waals surface area contributed by atoms with Gasteiger partial charge in [0.25, 0.3) is 5.91 Å². The van der Waals surface area contributed by atoms with Gasteiger partial charge in [-0.05, 0) is 13.0 Å². The Morgan fingerprint density at radius 2 is 2.39 bits per heavy atom. The number of methoxy groups -OCH3 is 1. The Bertz CT molecular complexity index is 526. The van der Waals surface area contributed by atoms with Crippen molar-refractivity contribution < 1.29 is 9.53 Å². The van der Waals surface area contributed by atoms with Crippen molar-refractivity contribution in [2.24, 2.45) is 0 Å². The zero-order valence-corrected chi connectivity index (χ0v) is 10.1. The molecule has 7 heteroatoms. The number of anilines is 1. The van der Waals surface area contributed by atoms with Gasteiger partial charge in [0.1, 0.15) is 18.1 Å². The third kappa shape index (κ3) is 2.51. The highest BCUT2D eigenvalue weighted by Crippen LogP contribution is 2.15. The van der Waals surface area contributed by atoms with E-state index in [-0.39, 0.29) is 5.91 Å². The van der Waals surface area contributed by atoms with Gasteiger partial charge in [-0.15, -0.1) is 0 Å². The Morgan fingerprint density at radius 1 is 1.56 bits per heavy atom. The van der Waals surface area contributed by atoms with Crippen molar-refractivity contribution in [2.45, 2.75) is 13.0 Å². The van der Waals surface area contributed by atoms with Crippen LogP contribution < -0.4 is 5.32 Å². The number of ether oxygens (including phenoxy) is 1. The number of rotatable bonds is 4. The summed E-state index contributed by atoms with van der Waals surface area (Å²) in [5.74, 6) is 0.243. The van der Waals surface area contributed by atoms with Gasteiger partial charge in [0.2, 0.25) is 0 Å². The molecule has 1 atom stereocenters. The molecule has 0 aromatic carbocycles. The summed E-state index contributed by atoms with van der Waals surface area (Å²) in [7, 11) is 1.47. The van der Waals surface area contributed by atoms with Gasteiger partial charge >= 0.3 is 0 Å². The molecular weight excluding hydrogens is 234 g/mol. The van der Waals surface area contributed by atoms with Crippen LogP contribution in [-0.4, -0.2) is 38.9 Å². The first-order valence-corrected chi connectivity index (χ1v) is 5.36. The van der Waals surface area contributed by atoms with Crippen LogP contribution in [0.1, 0.15) is 6.92 Å². The largest absolute Gasteiger partial charge is 0.372 e. The van der Waals surface area contributed by atoms with Gasteiger partial charge in [0.15, 0.2) is 5.82 Å². The molecule has 0 saturated heterocycles. The molecule has 0 aliphatic heterocycles. The third-order valence-corrected chi connectivity index (χ3v) is 2.39. The highest BCUT2D eigenvalue weighted by Gasteiger charge is 2.15. The van der Waals surface area contributed by atoms with Gasteiger partial charge < -0.3 is 10.1 Å². The van der Waals surface area contributed by atoms with E-state index in [1.165, 1.54) is 19.6 Å². The van der Waals surface area contributed by atoms with Crippen molar-refractivity contribution in [1.29, 1.82) is 0 Å². The molecular formula is C11H13N5O2. The smallest absolute Gasteiger partial charge is 0.253 e. The number of hydrogen-bond acceptors (Lipinski definition) is 5. The van der Waals surface area contributed by atoms with Gasteiger partial charge in [-0.3, -0.25) is 4.79 Å². The number of carbonyl (C=O) groups is 1. The predicted octanol–water partition coefficient (Wildman–Crippen LogP) is 0.636. The topological polar surface area (TPSA) is 81.9 Å². The predicted molar refractivity (Wildman–Crippen MR) is 64.3 cm³/mol. The van der Waals surface area contributed by atoms with Crippen molar-refractivity contribution in [1.82, 2.24) is 19.7 Å². The zero-order chi connectivity index (χ0) is 13.0. The van der Waals surface area contributed by atoms with Gasteiger partial charge in [-0.2, -0.15) is 5.10 Å². The number of nitrogens with zero attached hydrogens (tertiary/aromatic N) is 4. The normalized spacial score (nSPS) is 12.1. The Kier molecular flexibility index (Phi) is 3.63. The van der Waals surface area contributed by atoms with Crippen LogP contribution in [-0.2, 0) is 9.53 Å². The van der Waals surface area contributed by atoms with E-state index >= 15 is 0 Å². The number of carbonyl (C=O) groups excluding carboxylic acids is 1. The monoisotopic (exact) mass is 247 g/mol. The number of aromatic nitrogens is 4. The summed E-state index contributed by atoms with van der Waals surface area (Å²) >= 11 is 0. The molecule has 0 saturated carbocycles. The lowest BCUT2D eigenvalue weighted by Gasteiger charge is -2.12. The molecule has 0 unspecified atom stereocenters. The second-order valence-corrected chi connectivity index (χ2v) is 3.58. The summed E-state index contributed by atoms with van der Waals surface area (Å²) in [4.78, 5) is 19.7. The maximum atomic E-state index is 11.7. The highest BCUT2D eigenvalue weighted by molar-refractivity contribution is 5.95. The minimum Gasteiger partial charge on any atom is -0.372 e. The Hall–Kier alpha value is -2.28. The Morgan fingerprint density at radius 3 is 3.06 bits per heavy atom. The van der Waals surface area contributed by atoms with Crippen molar-refractivity contribution >= 4 is 11.6 Å². The summed E-state index contributed by atoms with van der Waals surface area (Å²) in [5, 5.41) is 6.76. The standard InChI is InChI=1S/C11H13N5O2/c1-8(18-2)11(17)15-9-6-12-7-13-10(9)16-5-3-4-14-16/h3-8H,1-2H3,(H,15,17)/t8-/m1/s1. The quantitative estimate of drug-likeness (QED) is 0.857. The zero-order valence-electron chi connectivity index (χ0n) is 10.1. The van der Waals surface area contributed by atoms with E-state index < -0.39 is 6.10 Å².